The number of ether oxygens (including phenoxy) is 1. The second-order valence-electron chi connectivity index (χ2n) is 6.63. The molecule has 0 radical (unpaired) electrons. The Kier molecular flexibility index (Phi) is 5.46. The van der Waals surface area contributed by atoms with Crippen LogP contribution in [0.4, 0.5) is 10.5 Å². The molecule has 0 aliphatic rings. The van der Waals surface area contributed by atoms with Crippen LogP contribution in [0.3, 0.4) is 0 Å². The van der Waals surface area contributed by atoms with E-state index in [2.05, 4.69) is 36.3 Å². The maximum Gasteiger partial charge on any atom is 0.437 e. The molecule has 0 aliphatic carbocycles. The van der Waals surface area contributed by atoms with Crippen LogP contribution in [-0.2, 0) is 10.4 Å². The van der Waals surface area contributed by atoms with Crippen molar-refractivity contribution in [2.75, 3.05) is 12.4 Å². The molecule has 7 heteroatoms. The van der Waals surface area contributed by atoms with E-state index < -0.39 is 6.09 Å². The van der Waals surface area contributed by atoms with Crippen molar-refractivity contribution in [3.8, 4) is 5.75 Å². The topological polar surface area (TPSA) is 77.7 Å². The Morgan fingerprint density at radius 1 is 1.24 bits per heavy atom. The number of hydrogen-bond acceptors (Lipinski definition) is 5. The van der Waals surface area contributed by atoms with Gasteiger partial charge in [-0.2, -0.15) is 5.10 Å². The Hall–Kier alpha value is -2.83. The van der Waals surface area contributed by atoms with Gasteiger partial charge in [0.05, 0.1) is 24.6 Å². The first-order chi connectivity index (χ1) is 11.7. The maximum atomic E-state index is 11.8. The molecular formula is C18H24N4O3. The number of carbonyl (C=O) groups is 1. The number of methoxy groups -OCH3 is 1. The molecule has 1 aromatic heterocycles. The molecule has 25 heavy (non-hydrogen) atoms. The summed E-state index contributed by atoms with van der Waals surface area (Å²) in [6, 6.07) is 6.91. The van der Waals surface area contributed by atoms with Gasteiger partial charge in [0.25, 0.3) is 0 Å². The number of carbonyl (C=O) groups excluding carboxylic acids is 1. The van der Waals surface area contributed by atoms with Crippen molar-refractivity contribution in [2.45, 2.75) is 40.2 Å². The SMILES string of the molecule is COc1ccc(NC(=O)O/N=C\c2c(C)nn(C(C)(C)C)c2C)cc1. The number of nitrogens with one attached hydrogen (secondary N) is 1. The molecule has 134 valence electrons. The van der Waals surface area contributed by atoms with Crippen molar-refractivity contribution < 1.29 is 14.4 Å². The van der Waals surface area contributed by atoms with Gasteiger partial charge >= 0.3 is 6.09 Å². The van der Waals surface area contributed by atoms with Gasteiger partial charge in [0.1, 0.15) is 5.75 Å². The number of hydrogen-bond donors (Lipinski definition) is 1. The Morgan fingerprint density at radius 3 is 2.40 bits per heavy atom. The van der Waals surface area contributed by atoms with Gasteiger partial charge < -0.3 is 4.74 Å². The lowest BCUT2D eigenvalue weighted by Crippen LogP contribution is -2.24. The number of benzene rings is 1. The number of aromatic nitrogens is 2. The molecule has 0 saturated carbocycles. The van der Waals surface area contributed by atoms with E-state index >= 15 is 0 Å². The molecule has 2 rings (SSSR count). The number of rotatable bonds is 4. The van der Waals surface area contributed by atoms with Gasteiger partial charge in [0.15, 0.2) is 0 Å². The van der Waals surface area contributed by atoms with Gasteiger partial charge in [-0.1, -0.05) is 5.16 Å². The summed E-state index contributed by atoms with van der Waals surface area (Å²) in [6.07, 6.45) is 0.841. The standard InChI is InChI=1S/C18H24N4O3/c1-12-16(13(2)22(21-12)18(3,4)5)11-19-25-17(23)20-14-7-9-15(24-6)10-8-14/h7-11H,1-6H3,(H,20,23)/b19-11-. The van der Waals surface area contributed by atoms with Crippen molar-refractivity contribution in [3.63, 3.8) is 0 Å². The van der Waals surface area contributed by atoms with Crippen molar-refractivity contribution in [3.05, 3.63) is 41.2 Å². The van der Waals surface area contributed by atoms with Crippen molar-refractivity contribution in [2.24, 2.45) is 5.16 Å². The minimum absolute atomic E-state index is 0.131. The fraction of sp³-hybridized carbons (Fsp3) is 0.389. The zero-order valence-corrected chi connectivity index (χ0v) is 15.5. The Morgan fingerprint density at radius 2 is 1.88 bits per heavy atom. The molecular weight excluding hydrogens is 320 g/mol. The summed E-state index contributed by atoms with van der Waals surface area (Å²) in [5, 5.41) is 10.9. The first-order valence-electron chi connectivity index (χ1n) is 7.94. The van der Waals surface area contributed by atoms with Crippen LogP contribution in [0.2, 0.25) is 0 Å². The third-order valence-electron chi connectivity index (χ3n) is 3.64. The van der Waals surface area contributed by atoms with Crippen LogP contribution in [0, 0.1) is 13.8 Å². The molecule has 2 aromatic rings. The van der Waals surface area contributed by atoms with Gasteiger partial charge in [-0.05, 0) is 58.9 Å². The zero-order chi connectivity index (χ0) is 18.6. The van der Waals surface area contributed by atoms with Gasteiger partial charge in [0.2, 0.25) is 0 Å². The number of oxime groups is 1. The molecule has 0 bridgehead atoms. The van der Waals surface area contributed by atoms with E-state index in [0.29, 0.717) is 11.4 Å². The highest BCUT2D eigenvalue weighted by Crippen LogP contribution is 2.20. The highest BCUT2D eigenvalue weighted by molar-refractivity contribution is 5.86. The molecule has 0 aliphatic heterocycles. The maximum absolute atomic E-state index is 11.8. The lowest BCUT2D eigenvalue weighted by molar-refractivity contribution is 0.167. The molecule has 1 aromatic carbocycles. The summed E-state index contributed by atoms with van der Waals surface area (Å²) < 4.78 is 6.99. The summed E-state index contributed by atoms with van der Waals surface area (Å²) in [5.41, 5.74) is 3.09. The summed E-state index contributed by atoms with van der Waals surface area (Å²) in [7, 11) is 1.58. The molecule has 1 heterocycles. The average molecular weight is 344 g/mol. The van der Waals surface area contributed by atoms with Gasteiger partial charge in [-0.15, -0.1) is 0 Å². The Bertz CT molecular complexity index is 771. The van der Waals surface area contributed by atoms with Crippen molar-refractivity contribution >= 4 is 18.0 Å². The van der Waals surface area contributed by atoms with E-state index in [4.69, 9.17) is 9.57 Å². The van der Waals surface area contributed by atoms with E-state index in [-0.39, 0.29) is 5.54 Å². The third kappa shape index (κ3) is 4.59. The smallest absolute Gasteiger partial charge is 0.437 e. The lowest BCUT2D eigenvalue weighted by atomic mass is 10.1. The second-order valence-corrected chi connectivity index (χ2v) is 6.63. The van der Waals surface area contributed by atoms with Crippen LogP contribution in [0.5, 0.6) is 5.75 Å². The molecule has 0 atom stereocenters. The lowest BCUT2D eigenvalue weighted by Gasteiger charge is -2.21. The first kappa shape index (κ1) is 18.5. The molecule has 1 N–H and O–H groups in total. The van der Waals surface area contributed by atoms with Crippen LogP contribution in [0.15, 0.2) is 29.4 Å². The fourth-order valence-corrected chi connectivity index (χ4v) is 2.44. The molecule has 0 saturated heterocycles. The minimum Gasteiger partial charge on any atom is -0.497 e. The highest BCUT2D eigenvalue weighted by atomic mass is 16.7. The molecule has 0 spiro atoms. The van der Waals surface area contributed by atoms with E-state index in [1.807, 2.05) is 18.5 Å². The van der Waals surface area contributed by atoms with Crippen LogP contribution in [0.25, 0.3) is 0 Å². The molecule has 0 fully saturated rings. The van der Waals surface area contributed by atoms with Crippen LogP contribution in [0.1, 0.15) is 37.7 Å². The average Bonchev–Trinajstić information content (AvgIpc) is 2.83. The molecule has 7 nitrogen and oxygen atoms in total. The summed E-state index contributed by atoms with van der Waals surface area (Å²) >= 11 is 0. The fourth-order valence-electron chi connectivity index (χ4n) is 2.44. The van der Waals surface area contributed by atoms with Gasteiger partial charge in [-0.25, -0.2) is 4.79 Å². The predicted molar refractivity (Wildman–Crippen MR) is 97.4 cm³/mol. The summed E-state index contributed by atoms with van der Waals surface area (Å²) in [6.45, 7) is 10.1. The van der Waals surface area contributed by atoms with E-state index in [0.717, 1.165) is 17.0 Å². The van der Waals surface area contributed by atoms with Gasteiger partial charge in [0, 0.05) is 16.9 Å². The van der Waals surface area contributed by atoms with Crippen LogP contribution >= 0.6 is 0 Å². The quantitative estimate of drug-likeness (QED) is 0.519. The molecule has 1 amide bonds. The third-order valence-corrected chi connectivity index (χ3v) is 3.64. The van der Waals surface area contributed by atoms with Gasteiger partial charge in [-0.3, -0.25) is 14.8 Å². The predicted octanol–water partition coefficient (Wildman–Crippen LogP) is 3.85. The molecule has 0 unspecified atom stereocenters. The number of nitrogens with zero attached hydrogens (tertiary/aromatic N) is 3. The van der Waals surface area contributed by atoms with E-state index in [9.17, 15) is 4.79 Å². The normalized spacial score (nSPS) is 11.6. The summed E-state index contributed by atoms with van der Waals surface area (Å²) in [4.78, 5) is 16.7. The highest BCUT2D eigenvalue weighted by Gasteiger charge is 2.20. The monoisotopic (exact) mass is 344 g/mol. The second kappa shape index (κ2) is 7.38. The Labute approximate surface area is 147 Å². The summed E-state index contributed by atoms with van der Waals surface area (Å²) in [5.74, 6) is 0.707. The largest absolute Gasteiger partial charge is 0.497 e. The Balaban J connectivity index is 2.00. The van der Waals surface area contributed by atoms with Crippen LogP contribution in [-0.4, -0.2) is 29.2 Å². The van der Waals surface area contributed by atoms with Crippen molar-refractivity contribution in [1.82, 2.24) is 9.78 Å². The first-order valence-corrected chi connectivity index (χ1v) is 7.94. The van der Waals surface area contributed by atoms with E-state index in [1.165, 1.54) is 6.21 Å². The minimum atomic E-state index is -0.667. The number of amides is 1. The number of anilines is 1. The number of aryl methyl sites for hydroxylation is 1. The van der Waals surface area contributed by atoms with E-state index in [1.54, 1.807) is 31.4 Å². The van der Waals surface area contributed by atoms with Crippen LogP contribution < -0.4 is 10.1 Å². The van der Waals surface area contributed by atoms with Crippen molar-refractivity contribution in [1.29, 1.82) is 0 Å². The zero-order valence-electron chi connectivity index (χ0n) is 15.5.